The highest BCUT2D eigenvalue weighted by atomic mass is 16.6. The standard InChI is InChI=1S/C27H25NO5/c29-19-14-25(26(30)32-16-18-8-2-1-3-9-18)28(15-19)27(31)33-17-24-22-12-6-4-10-20(22)21-11-5-7-13-23(21)24/h1-13,19,24-25,29H,14-17H2/t19?,25-/m0/s1. The third-order valence-electron chi connectivity index (χ3n) is 6.35. The number of β-amino-alcohol motifs (C(OH)–C–C–N with tert-alkyl or cyclic N) is 1. The van der Waals surface area contributed by atoms with E-state index < -0.39 is 24.2 Å². The van der Waals surface area contributed by atoms with Gasteiger partial charge in [0.25, 0.3) is 0 Å². The van der Waals surface area contributed by atoms with E-state index in [4.69, 9.17) is 9.47 Å². The number of aliphatic hydroxyl groups excluding tert-OH is 1. The second kappa shape index (κ2) is 9.08. The largest absolute Gasteiger partial charge is 0.459 e. The Kier molecular flexibility index (Phi) is 5.84. The maximum Gasteiger partial charge on any atom is 0.410 e. The normalized spacial score (nSPS) is 19.1. The van der Waals surface area contributed by atoms with Crippen LogP contribution < -0.4 is 0 Å². The molecule has 1 amide bonds. The Morgan fingerprint density at radius 2 is 1.45 bits per heavy atom. The van der Waals surface area contributed by atoms with Crippen LogP contribution in [0.3, 0.4) is 0 Å². The van der Waals surface area contributed by atoms with E-state index in [-0.39, 0.29) is 32.1 Å². The van der Waals surface area contributed by atoms with E-state index in [9.17, 15) is 14.7 Å². The highest BCUT2D eigenvalue weighted by Gasteiger charge is 2.41. The molecule has 3 aromatic carbocycles. The number of hydrogen-bond donors (Lipinski definition) is 1. The Morgan fingerprint density at radius 3 is 2.12 bits per heavy atom. The smallest absolute Gasteiger partial charge is 0.410 e. The molecule has 0 bridgehead atoms. The summed E-state index contributed by atoms with van der Waals surface area (Å²) < 4.78 is 11.1. The maximum absolute atomic E-state index is 12.9. The summed E-state index contributed by atoms with van der Waals surface area (Å²) in [4.78, 5) is 26.9. The number of carbonyl (C=O) groups excluding carboxylic acids is 2. The number of fused-ring (bicyclic) bond motifs is 3. The minimum Gasteiger partial charge on any atom is -0.459 e. The van der Waals surface area contributed by atoms with Crippen molar-refractivity contribution >= 4 is 12.1 Å². The Balaban J connectivity index is 1.26. The number of aliphatic hydroxyl groups is 1. The second-order valence-electron chi connectivity index (χ2n) is 8.45. The molecular formula is C27H25NO5. The molecular weight excluding hydrogens is 418 g/mol. The lowest BCUT2D eigenvalue weighted by molar-refractivity contribution is -0.149. The zero-order chi connectivity index (χ0) is 22.8. The minimum atomic E-state index is -0.862. The summed E-state index contributed by atoms with van der Waals surface area (Å²) in [6.07, 6.45) is -1.27. The van der Waals surface area contributed by atoms with Crippen molar-refractivity contribution in [1.82, 2.24) is 4.90 Å². The van der Waals surface area contributed by atoms with Crippen molar-refractivity contribution in [3.8, 4) is 11.1 Å². The van der Waals surface area contributed by atoms with E-state index in [1.165, 1.54) is 4.90 Å². The Hall–Kier alpha value is -3.64. The van der Waals surface area contributed by atoms with Crippen LogP contribution in [0, 0.1) is 0 Å². The molecule has 2 aliphatic rings. The van der Waals surface area contributed by atoms with Crippen molar-refractivity contribution in [3.05, 3.63) is 95.6 Å². The highest BCUT2D eigenvalue weighted by Crippen LogP contribution is 2.44. The van der Waals surface area contributed by atoms with Crippen LogP contribution in [0.15, 0.2) is 78.9 Å². The molecule has 6 nitrogen and oxygen atoms in total. The molecule has 1 fully saturated rings. The van der Waals surface area contributed by atoms with Gasteiger partial charge in [0.05, 0.1) is 12.6 Å². The molecule has 0 spiro atoms. The lowest BCUT2D eigenvalue weighted by Gasteiger charge is -2.23. The van der Waals surface area contributed by atoms with Crippen molar-refractivity contribution in [3.63, 3.8) is 0 Å². The Labute approximate surface area is 192 Å². The summed E-state index contributed by atoms with van der Waals surface area (Å²) in [5, 5.41) is 10.1. The SMILES string of the molecule is O=C(OCc1ccccc1)[C@@H]1CC(O)CN1C(=O)OCC1c2ccccc2-c2ccccc21. The number of ether oxygens (including phenoxy) is 2. The summed E-state index contributed by atoms with van der Waals surface area (Å²) in [6.45, 7) is 0.317. The predicted octanol–water partition coefficient (Wildman–Crippen LogP) is 4.11. The van der Waals surface area contributed by atoms with Gasteiger partial charge >= 0.3 is 12.1 Å². The van der Waals surface area contributed by atoms with Gasteiger partial charge in [0.1, 0.15) is 19.3 Å². The lowest BCUT2D eigenvalue weighted by atomic mass is 9.98. The quantitative estimate of drug-likeness (QED) is 0.601. The van der Waals surface area contributed by atoms with E-state index in [0.29, 0.717) is 0 Å². The molecule has 0 aromatic heterocycles. The van der Waals surface area contributed by atoms with Gasteiger partial charge in [-0.15, -0.1) is 0 Å². The zero-order valence-corrected chi connectivity index (χ0v) is 18.1. The van der Waals surface area contributed by atoms with Crippen LogP contribution >= 0.6 is 0 Å². The predicted molar refractivity (Wildman–Crippen MR) is 122 cm³/mol. The van der Waals surface area contributed by atoms with Crippen LogP contribution in [0.1, 0.15) is 29.0 Å². The molecule has 5 rings (SSSR count). The highest BCUT2D eigenvalue weighted by molar-refractivity contribution is 5.83. The number of likely N-dealkylation sites (tertiary alicyclic amines) is 1. The summed E-state index contributed by atoms with van der Waals surface area (Å²) in [5.74, 6) is -0.610. The number of carbonyl (C=O) groups is 2. The average Bonchev–Trinajstić information content (AvgIpc) is 3.40. The molecule has 6 heteroatoms. The monoisotopic (exact) mass is 443 g/mol. The van der Waals surface area contributed by atoms with Gasteiger partial charge in [0.15, 0.2) is 0 Å². The first-order valence-electron chi connectivity index (χ1n) is 11.1. The van der Waals surface area contributed by atoms with E-state index in [1.54, 1.807) is 0 Å². The molecule has 1 unspecified atom stereocenters. The minimum absolute atomic E-state index is 0.0434. The molecule has 1 aliphatic carbocycles. The molecule has 0 radical (unpaired) electrons. The number of esters is 1. The zero-order valence-electron chi connectivity index (χ0n) is 18.1. The van der Waals surface area contributed by atoms with Crippen LogP contribution in [0.25, 0.3) is 11.1 Å². The van der Waals surface area contributed by atoms with Gasteiger partial charge in [-0.1, -0.05) is 78.9 Å². The molecule has 168 valence electrons. The van der Waals surface area contributed by atoms with Gasteiger partial charge in [0, 0.05) is 12.3 Å². The molecule has 33 heavy (non-hydrogen) atoms. The summed E-state index contributed by atoms with van der Waals surface area (Å²) in [7, 11) is 0. The lowest BCUT2D eigenvalue weighted by Crippen LogP contribution is -2.42. The van der Waals surface area contributed by atoms with Crippen molar-refractivity contribution < 1.29 is 24.2 Å². The van der Waals surface area contributed by atoms with Gasteiger partial charge in [-0.05, 0) is 27.8 Å². The summed E-state index contributed by atoms with van der Waals surface area (Å²) in [6, 6.07) is 24.7. The first-order chi connectivity index (χ1) is 16.1. The fourth-order valence-electron chi connectivity index (χ4n) is 4.74. The number of hydrogen-bond acceptors (Lipinski definition) is 5. The average molecular weight is 443 g/mol. The third-order valence-corrected chi connectivity index (χ3v) is 6.35. The molecule has 2 atom stereocenters. The van der Waals surface area contributed by atoms with E-state index in [2.05, 4.69) is 24.3 Å². The van der Waals surface area contributed by atoms with Gasteiger partial charge < -0.3 is 14.6 Å². The van der Waals surface area contributed by atoms with Crippen LogP contribution in [-0.2, 0) is 20.9 Å². The third kappa shape index (κ3) is 4.22. The summed E-state index contributed by atoms with van der Waals surface area (Å²) >= 11 is 0. The fourth-order valence-corrected chi connectivity index (χ4v) is 4.74. The van der Waals surface area contributed by atoms with Crippen molar-refractivity contribution in [2.75, 3.05) is 13.2 Å². The molecule has 1 N–H and O–H groups in total. The number of rotatable bonds is 5. The Bertz CT molecular complexity index is 1120. The fraction of sp³-hybridized carbons (Fsp3) is 0.259. The van der Waals surface area contributed by atoms with Gasteiger partial charge in [-0.2, -0.15) is 0 Å². The summed E-state index contributed by atoms with van der Waals surface area (Å²) in [5.41, 5.74) is 5.39. The molecule has 1 saturated heterocycles. The molecule has 1 heterocycles. The number of nitrogens with zero attached hydrogens (tertiary/aromatic N) is 1. The van der Waals surface area contributed by atoms with Gasteiger partial charge in [0.2, 0.25) is 0 Å². The first-order valence-corrected chi connectivity index (χ1v) is 11.1. The van der Waals surface area contributed by atoms with Crippen molar-refractivity contribution in [2.45, 2.75) is 31.1 Å². The molecule has 1 aliphatic heterocycles. The maximum atomic E-state index is 12.9. The molecule has 0 saturated carbocycles. The van der Waals surface area contributed by atoms with Crippen LogP contribution in [0.5, 0.6) is 0 Å². The number of benzene rings is 3. The second-order valence-corrected chi connectivity index (χ2v) is 8.45. The van der Waals surface area contributed by atoms with E-state index in [0.717, 1.165) is 27.8 Å². The van der Waals surface area contributed by atoms with Gasteiger partial charge in [-0.25, -0.2) is 9.59 Å². The Morgan fingerprint density at radius 1 is 0.848 bits per heavy atom. The number of amides is 1. The van der Waals surface area contributed by atoms with E-state index >= 15 is 0 Å². The van der Waals surface area contributed by atoms with Crippen LogP contribution in [0.4, 0.5) is 4.79 Å². The topological polar surface area (TPSA) is 76.1 Å². The van der Waals surface area contributed by atoms with Gasteiger partial charge in [-0.3, -0.25) is 4.90 Å². The molecule has 3 aromatic rings. The van der Waals surface area contributed by atoms with E-state index in [1.807, 2.05) is 54.6 Å². The van der Waals surface area contributed by atoms with Crippen LogP contribution in [0.2, 0.25) is 0 Å². The van der Waals surface area contributed by atoms with Crippen molar-refractivity contribution in [1.29, 1.82) is 0 Å². The van der Waals surface area contributed by atoms with Crippen LogP contribution in [-0.4, -0.2) is 47.4 Å². The first kappa shape index (κ1) is 21.2. The van der Waals surface area contributed by atoms with Crippen molar-refractivity contribution in [2.24, 2.45) is 0 Å².